The molecule has 1 aliphatic carbocycles. The van der Waals surface area contributed by atoms with Crippen molar-refractivity contribution >= 4 is 9.84 Å². The van der Waals surface area contributed by atoms with Crippen LogP contribution in [-0.2, 0) is 9.84 Å². The van der Waals surface area contributed by atoms with E-state index in [2.05, 4.69) is 5.32 Å². The molecule has 1 saturated carbocycles. The van der Waals surface area contributed by atoms with Crippen LogP contribution in [0.25, 0.3) is 0 Å². The van der Waals surface area contributed by atoms with Crippen LogP contribution in [0.5, 0.6) is 0 Å². The average Bonchev–Trinajstić information content (AvgIpc) is 2.26. The molecule has 4 nitrogen and oxygen atoms in total. The molecule has 5 heteroatoms. The second-order valence-electron chi connectivity index (χ2n) is 4.97. The van der Waals surface area contributed by atoms with Crippen molar-refractivity contribution in [2.24, 2.45) is 5.92 Å². The SMILES string of the molecule is CCCS(=O)(=O)CCNCC1CCCCC1O. The first-order valence-corrected chi connectivity index (χ1v) is 8.46. The summed E-state index contributed by atoms with van der Waals surface area (Å²) in [6.45, 7) is 3.12. The molecule has 0 spiro atoms. The number of aliphatic hydroxyl groups is 1. The fourth-order valence-corrected chi connectivity index (χ4v) is 3.64. The molecule has 0 heterocycles. The van der Waals surface area contributed by atoms with Crippen molar-refractivity contribution in [2.45, 2.75) is 45.1 Å². The highest BCUT2D eigenvalue weighted by molar-refractivity contribution is 7.91. The maximum Gasteiger partial charge on any atom is 0.151 e. The zero-order valence-electron chi connectivity index (χ0n) is 10.7. The van der Waals surface area contributed by atoms with Crippen molar-refractivity contribution < 1.29 is 13.5 Å². The van der Waals surface area contributed by atoms with Gasteiger partial charge in [0.25, 0.3) is 0 Å². The molecule has 0 amide bonds. The van der Waals surface area contributed by atoms with Crippen molar-refractivity contribution in [3.05, 3.63) is 0 Å². The Labute approximate surface area is 105 Å². The lowest BCUT2D eigenvalue weighted by Gasteiger charge is -2.27. The van der Waals surface area contributed by atoms with Gasteiger partial charge in [-0.1, -0.05) is 19.8 Å². The molecule has 0 aromatic heterocycles. The van der Waals surface area contributed by atoms with Gasteiger partial charge in [0.1, 0.15) is 0 Å². The predicted octanol–water partition coefficient (Wildman–Crippen LogP) is 0.952. The number of hydrogen-bond acceptors (Lipinski definition) is 4. The number of sulfone groups is 1. The number of nitrogens with one attached hydrogen (secondary N) is 1. The lowest BCUT2D eigenvalue weighted by Crippen LogP contribution is -2.35. The highest BCUT2D eigenvalue weighted by Gasteiger charge is 2.22. The molecule has 0 bridgehead atoms. The molecule has 2 atom stereocenters. The van der Waals surface area contributed by atoms with Crippen LogP contribution in [-0.4, -0.2) is 44.2 Å². The summed E-state index contributed by atoms with van der Waals surface area (Å²) in [4.78, 5) is 0. The molecule has 0 saturated heterocycles. The molecule has 1 fully saturated rings. The van der Waals surface area contributed by atoms with E-state index < -0.39 is 9.84 Å². The normalized spacial score (nSPS) is 26.0. The number of rotatable bonds is 7. The molecule has 0 radical (unpaired) electrons. The summed E-state index contributed by atoms with van der Waals surface area (Å²) < 4.78 is 22.9. The van der Waals surface area contributed by atoms with E-state index in [0.717, 1.165) is 25.8 Å². The molecule has 0 aromatic carbocycles. The van der Waals surface area contributed by atoms with Crippen LogP contribution in [0.2, 0.25) is 0 Å². The number of hydrogen-bond donors (Lipinski definition) is 2. The molecule has 0 aliphatic heterocycles. The van der Waals surface area contributed by atoms with Gasteiger partial charge in [-0.25, -0.2) is 8.42 Å². The Balaban J connectivity index is 2.15. The fourth-order valence-electron chi connectivity index (χ4n) is 2.35. The first kappa shape index (κ1) is 14.9. The molecule has 1 aliphatic rings. The zero-order valence-corrected chi connectivity index (χ0v) is 11.5. The lowest BCUT2D eigenvalue weighted by molar-refractivity contribution is 0.0700. The first-order valence-electron chi connectivity index (χ1n) is 6.64. The van der Waals surface area contributed by atoms with E-state index in [1.807, 2.05) is 6.92 Å². The third-order valence-electron chi connectivity index (χ3n) is 3.38. The van der Waals surface area contributed by atoms with E-state index in [-0.39, 0.29) is 17.6 Å². The number of aliphatic hydroxyl groups excluding tert-OH is 1. The fraction of sp³-hybridized carbons (Fsp3) is 1.00. The van der Waals surface area contributed by atoms with Gasteiger partial charge in [-0.05, 0) is 25.2 Å². The van der Waals surface area contributed by atoms with Crippen molar-refractivity contribution in [3.63, 3.8) is 0 Å². The summed E-state index contributed by atoms with van der Waals surface area (Å²) in [5.41, 5.74) is 0. The van der Waals surface area contributed by atoms with E-state index in [0.29, 0.717) is 18.9 Å². The Morgan fingerprint density at radius 2 is 1.94 bits per heavy atom. The largest absolute Gasteiger partial charge is 0.393 e. The summed E-state index contributed by atoms with van der Waals surface area (Å²) in [6, 6.07) is 0. The second-order valence-corrected chi connectivity index (χ2v) is 7.27. The summed E-state index contributed by atoms with van der Waals surface area (Å²) in [7, 11) is -2.87. The standard InChI is InChI=1S/C12H25NO3S/c1-2-8-17(15,16)9-7-13-10-11-5-3-4-6-12(11)14/h11-14H,2-10H2,1H3. The summed E-state index contributed by atoms with van der Waals surface area (Å²) in [6.07, 6.45) is 4.71. The van der Waals surface area contributed by atoms with Crippen LogP contribution in [0.15, 0.2) is 0 Å². The van der Waals surface area contributed by atoms with Crippen LogP contribution in [0.1, 0.15) is 39.0 Å². The minimum absolute atomic E-state index is 0.205. The lowest BCUT2D eigenvalue weighted by atomic mass is 9.86. The molecule has 17 heavy (non-hydrogen) atoms. The van der Waals surface area contributed by atoms with E-state index >= 15 is 0 Å². The van der Waals surface area contributed by atoms with Crippen molar-refractivity contribution in [1.29, 1.82) is 0 Å². The Morgan fingerprint density at radius 1 is 1.24 bits per heavy atom. The van der Waals surface area contributed by atoms with E-state index in [1.165, 1.54) is 6.42 Å². The third-order valence-corrected chi connectivity index (χ3v) is 5.24. The summed E-state index contributed by atoms with van der Waals surface area (Å²) in [5.74, 6) is 0.794. The Hall–Kier alpha value is -0.130. The predicted molar refractivity (Wildman–Crippen MR) is 69.8 cm³/mol. The van der Waals surface area contributed by atoms with Crippen molar-refractivity contribution in [2.75, 3.05) is 24.6 Å². The first-order chi connectivity index (χ1) is 8.05. The Bertz CT molecular complexity index is 303. The van der Waals surface area contributed by atoms with Crippen LogP contribution in [0.3, 0.4) is 0 Å². The molecule has 1 rings (SSSR count). The minimum Gasteiger partial charge on any atom is -0.393 e. The van der Waals surface area contributed by atoms with Gasteiger partial charge in [0, 0.05) is 18.8 Å². The van der Waals surface area contributed by atoms with Gasteiger partial charge in [0.15, 0.2) is 9.84 Å². The van der Waals surface area contributed by atoms with Gasteiger partial charge < -0.3 is 10.4 Å². The molecule has 2 unspecified atom stereocenters. The molecular formula is C12H25NO3S. The van der Waals surface area contributed by atoms with Gasteiger partial charge in [-0.3, -0.25) is 0 Å². The maximum atomic E-state index is 11.5. The van der Waals surface area contributed by atoms with E-state index in [1.54, 1.807) is 0 Å². The Kier molecular flexibility index (Phi) is 6.44. The highest BCUT2D eigenvalue weighted by atomic mass is 32.2. The maximum absolute atomic E-state index is 11.5. The molecule has 2 N–H and O–H groups in total. The van der Waals surface area contributed by atoms with Crippen molar-refractivity contribution in [1.82, 2.24) is 5.32 Å². The van der Waals surface area contributed by atoms with Gasteiger partial charge in [-0.15, -0.1) is 0 Å². The van der Waals surface area contributed by atoms with Gasteiger partial charge in [-0.2, -0.15) is 0 Å². The molecule has 0 aromatic rings. The van der Waals surface area contributed by atoms with Gasteiger partial charge >= 0.3 is 0 Å². The Morgan fingerprint density at radius 3 is 2.59 bits per heavy atom. The monoisotopic (exact) mass is 263 g/mol. The second kappa shape index (κ2) is 7.34. The zero-order chi connectivity index (χ0) is 12.7. The van der Waals surface area contributed by atoms with Crippen LogP contribution < -0.4 is 5.32 Å². The highest BCUT2D eigenvalue weighted by Crippen LogP contribution is 2.23. The smallest absolute Gasteiger partial charge is 0.151 e. The summed E-state index contributed by atoms with van der Waals surface area (Å²) in [5, 5.41) is 12.9. The van der Waals surface area contributed by atoms with Gasteiger partial charge in [0.05, 0.1) is 11.9 Å². The van der Waals surface area contributed by atoms with Crippen molar-refractivity contribution in [3.8, 4) is 0 Å². The minimum atomic E-state index is -2.87. The van der Waals surface area contributed by atoms with Crippen LogP contribution in [0.4, 0.5) is 0 Å². The van der Waals surface area contributed by atoms with E-state index in [4.69, 9.17) is 0 Å². The summed E-state index contributed by atoms with van der Waals surface area (Å²) >= 11 is 0. The quantitative estimate of drug-likeness (QED) is 0.671. The topological polar surface area (TPSA) is 66.4 Å². The molecule has 102 valence electrons. The van der Waals surface area contributed by atoms with E-state index in [9.17, 15) is 13.5 Å². The average molecular weight is 263 g/mol. The molecular weight excluding hydrogens is 238 g/mol. The van der Waals surface area contributed by atoms with Gasteiger partial charge in [0.2, 0.25) is 0 Å². The van der Waals surface area contributed by atoms with Crippen LogP contribution in [0, 0.1) is 5.92 Å². The van der Waals surface area contributed by atoms with Crippen LogP contribution >= 0.6 is 0 Å². The third kappa shape index (κ3) is 5.84.